The molecule has 31 heavy (non-hydrogen) atoms. The Morgan fingerprint density at radius 3 is 2.65 bits per heavy atom. The summed E-state index contributed by atoms with van der Waals surface area (Å²) < 4.78 is 24.8. The van der Waals surface area contributed by atoms with E-state index in [0.29, 0.717) is 40.3 Å². The summed E-state index contributed by atoms with van der Waals surface area (Å²) in [6.07, 6.45) is 3.71. The third-order valence-corrected chi connectivity index (χ3v) is 7.26. The van der Waals surface area contributed by atoms with Gasteiger partial charge in [-0.2, -0.15) is 0 Å². The number of rotatable bonds is 9. The maximum Gasteiger partial charge on any atom is 0.251 e. The summed E-state index contributed by atoms with van der Waals surface area (Å²) in [4.78, 5) is 14.7. The Kier molecular flexibility index (Phi) is 8.75. The van der Waals surface area contributed by atoms with Crippen molar-refractivity contribution in [3.8, 4) is 0 Å². The largest absolute Gasteiger partial charge is 0.755 e. The van der Waals surface area contributed by atoms with Crippen LogP contribution in [0.3, 0.4) is 0 Å². The van der Waals surface area contributed by atoms with Gasteiger partial charge in [-0.25, -0.2) is 0 Å². The molecule has 1 heterocycles. The third kappa shape index (κ3) is 6.43. The summed E-state index contributed by atoms with van der Waals surface area (Å²) in [6, 6.07) is 12.3. The standard InChI is InChI=1S/C22H27Cl2N3O3S/c1-26-14-3-5-18(26)11-13-25-22(28)17-7-9-19(10-8-17)27(31(29)30)15-12-16-4-2-6-20(23)21(16)24/h2,4,6-10,18H,3,5,11-15H2,1H3,(H,25,28)(H,29,30)/p-1. The van der Waals surface area contributed by atoms with Crippen molar-refractivity contribution >= 4 is 46.1 Å². The first-order valence-corrected chi connectivity index (χ1v) is 12.0. The van der Waals surface area contributed by atoms with Gasteiger partial charge >= 0.3 is 0 Å². The minimum absolute atomic E-state index is 0.160. The Hall–Kier alpha value is -1.64. The highest BCUT2D eigenvalue weighted by Gasteiger charge is 2.20. The number of amides is 1. The van der Waals surface area contributed by atoms with Crippen LogP contribution in [-0.2, 0) is 17.7 Å². The number of anilines is 1. The van der Waals surface area contributed by atoms with Gasteiger partial charge in [-0.15, -0.1) is 0 Å². The smallest absolute Gasteiger partial charge is 0.251 e. The van der Waals surface area contributed by atoms with E-state index in [1.54, 1.807) is 36.4 Å². The predicted octanol–water partition coefficient (Wildman–Crippen LogP) is 4.05. The molecule has 2 unspecified atom stereocenters. The molecule has 1 amide bonds. The number of halogens is 2. The fraction of sp³-hybridized carbons (Fsp3) is 0.409. The van der Waals surface area contributed by atoms with Crippen molar-refractivity contribution in [2.45, 2.75) is 31.7 Å². The molecular formula is C22H26Cl2N3O3S-. The monoisotopic (exact) mass is 482 g/mol. The molecule has 1 N–H and O–H groups in total. The average molecular weight is 483 g/mol. The molecule has 168 valence electrons. The fourth-order valence-corrected chi connectivity index (χ4v) is 4.78. The van der Waals surface area contributed by atoms with Crippen molar-refractivity contribution in [2.75, 3.05) is 31.0 Å². The molecule has 1 aliphatic rings. The zero-order chi connectivity index (χ0) is 22.4. The molecule has 0 saturated carbocycles. The second-order valence-electron chi connectivity index (χ2n) is 7.65. The lowest BCUT2D eigenvalue weighted by atomic mass is 10.1. The molecule has 2 aromatic rings. The normalized spacial score (nSPS) is 17.5. The van der Waals surface area contributed by atoms with Gasteiger partial charge in [0.1, 0.15) is 0 Å². The van der Waals surface area contributed by atoms with Crippen LogP contribution in [0.5, 0.6) is 0 Å². The Bertz CT molecular complexity index is 927. The molecule has 6 nitrogen and oxygen atoms in total. The van der Waals surface area contributed by atoms with Crippen molar-refractivity contribution in [3.05, 3.63) is 63.6 Å². The van der Waals surface area contributed by atoms with Gasteiger partial charge in [-0.3, -0.25) is 9.00 Å². The molecule has 9 heteroatoms. The molecule has 0 spiro atoms. The van der Waals surface area contributed by atoms with Crippen LogP contribution < -0.4 is 9.62 Å². The van der Waals surface area contributed by atoms with Crippen molar-refractivity contribution in [1.82, 2.24) is 10.2 Å². The Morgan fingerprint density at radius 1 is 1.26 bits per heavy atom. The van der Waals surface area contributed by atoms with E-state index in [1.165, 1.54) is 17.1 Å². The van der Waals surface area contributed by atoms with Gasteiger partial charge in [-0.05, 0) is 75.2 Å². The first-order chi connectivity index (χ1) is 14.9. The van der Waals surface area contributed by atoms with Crippen LogP contribution in [0.15, 0.2) is 42.5 Å². The molecule has 0 bridgehead atoms. The summed E-state index contributed by atoms with van der Waals surface area (Å²) in [6.45, 7) is 1.94. The summed E-state index contributed by atoms with van der Waals surface area (Å²) in [5, 5.41) is 3.81. The van der Waals surface area contributed by atoms with Gasteiger partial charge < -0.3 is 19.1 Å². The maximum absolute atomic E-state index is 12.4. The van der Waals surface area contributed by atoms with E-state index >= 15 is 0 Å². The minimum atomic E-state index is -2.47. The van der Waals surface area contributed by atoms with E-state index in [9.17, 15) is 13.6 Å². The lowest BCUT2D eigenvalue weighted by molar-refractivity contribution is 0.0950. The van der Waals surface area contributed by atoms with Crippen molar-refractivity contribution < 1.29 is 13.6 Å². The Morgan fingerprint density at radius 2 is 2.00 bits per heavy atom. The van der Waals surface area contributed by atoms with Crippen molar-refractivity contribution in [3.63, 3.8) is 0 Å². The summed E-state index contributed by atoms with van der Waals surface area (Å²) in [5.74, 6) is -0.160. The number of benzene rings is 2. The van der Waals surface area contributed by atoms with Crippen LogP contribution in [0.1, 0.15) is 35.2 Å². The molecule has 0 aliphatic carbocycles. The predicted molar refractivity (Wildman–Crippen MR) is 125 cm³/mol. The van der Waals surface area contributed by atoms with Crippen LogP contribution in [-0.4, -0.2) is 52.3 Å². The molecule has 0 radical (unpaired) electrons. The number of carbonyl (C=O) groups excluding carboxylic acids is 1. The summed E-state index contributed by atoms with van der Waals surface area (Å²) in [5.41, 5.74) is 1.75. The van der Waals surface area contributed by atoms with Crippen LogP contribution in [0.25, 0.3) is 0 Å². The third-order valence-electron chi connectivity index (χ3n) is 5.65. The van der Waals surface area contributed by atoms with Gasteiger partial charge in [0.15, 0.2) is 0 Å². The minimum Gasteiger partial charge on any atom is -0.755 e. The summed E-state index contributed by atoms with van der Waals surface area (Å²) >= 11 is 9.76. The average Bonchev–Trinajstić information content (AvgIpc) is 3.16. The fourth-order valence-electron chi connectivity index (χ4n) is 3.83. The number of likely N-dealkylation sites (tertiary alicyclic amines) is 1. The highest BCUT2D eigenvalue weighted by molar-refractivity contribution is 7.80. The summed E-state index contributed by atoms with van der Waals surface area (Å²) in [7, 11) is 2.12. The topological polar surface area (TPSA) is 75.7 Å². The van der Waals surface area contributed by atoms with Gasteiger partial charge in [0.25, 0.3) is 5.91 Å². The number of hydrogen-bond donors (Lipinski definition) is 1. The van der Waals surface area contributed by atoms with Crippen molar-refractivity contribution in [2.24, 2.45) is 0 Å². The number of carbonyl (C=O) groups is 1. The molecule has 1 fully saturated rings. The van der Waals surface area contributed by atoms with Crippen molar-refractivity contribution in [1.29, 1.82) is 0 Å². The quantitative estimate of drug-likeness (QED) is 0.546. The van der Waals surface area contributed by atoms with Crippen LogP contribution in [0.2, 0.25) is 10.0 Å². The van der Waals surface area contributed by atoms with Crippen LogP contribution in [0, 0.1) is 0 Å². The highest BCUT2D eigenvalue weighted by Crippen LogP contribution is 2.27. The van der Waals surface area contributed by atoms with E-state index in [4.69, 9.17) is 23.2 Å². The van der Waals surface area contributed by atoms with E-state index in [0.717, 1.165) is 18.5 Å². The first kappa shape index (κ1) is 24.0. The Balaban J connectivity index is 1.57. The SMILES string of the molecule is CN1CCCC1CCNC(=O)c1ccc(N(CCc2cccc(Cl)c2Cl)S(=O)[O-])cc1. The molecular weight excluding hydrogens is 457 g/mol. The first-order valence-electron chi connectivity index (χ1n) is 10.2. The van der Waals surface area contributed by atoms with Crippen LogP contribution in [0.4, 0.5) is 5.69 Å². The zero-order valence-electron chi connectivity index (χ0n) is 17.4. The molecule has 2 atom stereocenters. The lowest BCUT2D eigenvalue weighted by Gasteiger charge is -2.26. The second kappa shape index (κ2) is 11.3. The van der Waals surface area contributed by atoms with Gasteiger partial charge in [0.05, 0.1) is 10.0 Å². The number of nitrogens with zero attached hydrogens (tertiary/aromatic N) is 2. The molecule has 0 aromatic heterocycles. The van der Waals surface area contributed by atoms with Crippen LogP contribution >= 0.6 is 23.2 Å². The van der Waals surface area contributed by atoms with Gasteiger partial charge in [0.2, 0.25) is 0 Å². The van der Waals surface area contributed by atoms with E-state index in [-0.39, 0.29) is 12.5 Å². The maximum atomic E-state index is 12.4. The Labute approximate surface area is 195 Å². The lowest BCUT2D eigenvalue weighted by Crippen LogP contribution is -2.32. The van der Waals surface area contributed by atoms with E-state index in [2.05, 4.69) is 17.3 Å². The zero-order valence-corrected chi connectivity index (χ0v) is 19.7. The number of hydrogen-bond acceptors (Lipinski definition) is 4. The van der Waals surface area contributed by atoms with Gasteiger partial charge in [0, 0.05) is 41.6 Å². The molecule has 3 rings (SSSR count). The molecule has 1 aliphatic heterocycles. The number of nitrogens with one attached hydrogen (secondary N) is 1. The molecule has 2 aromatic carbocycles. The highest BCUT2D eigenvalue weighted by atomic mass is 35.5. The second-order valence-corrected chi connectivity index (χ2v) is 9.31. The van der Waals surface area contributed by atoms with E-state index in [1.807, 2.05) is 6.07 Å². The molecule has 1 saturated heterocycles. The van der Waals surface area contributed by atoms with E-state index < -0.39 is 11.3 Å². The van der Waals surface area contributed by atoms with Gasteiger partial charge in [-0.1, -0.05) is 35.3 Å².